The van der Waals surface area contributed by atoms with E-state index in [1.54, 1.807) is 67.6 Å². The third-order valence-electron chi connectivity index (χ3n) is 14.2. The number of hydrogen-bond donors (Lipinski definition) is 0. The van der Waals surface area contributed by atoms with Gasteiger partial charge >= 0.3 is 65.7 Å². The van der Waals surface area contributed by atoms with Crippen LogP contribution in [0.5, 0.6) is 23.0 Å². The van der Waals surface area contributed by atoms with Gasteiger partial charge in [0.2, 0.25) is 27.2 Å². The van der Waals surface area contributed by atoms with E-state index >= 15 is 4.79 Å². The molecule has 1 heterocycles. The molecule has 0 unspecified atom stereocenters. The first kappa shape index (κ1) is 69.2. The van der Waals surface area contributed by atoms with E-state index in [9.17, 15) is 47.9 Å². The average Bonchev–Trinajstić information content (AvgIpc) is 1.23. The molecule has 0 fully saturated rings. The SMILES string of the molecule is CC(=O)OCOC(=O)CN(CC(=O)OCOC(C)=O)c1ccc(C)cc1OCCOc1cc2c(cc1N(CC(=O)OCOC(C)=O)CC(=O)OCOC(C)=O)C(=O)OC21c2cc(Cl)c(OC(C)=O)cc2C(c2ccccc2)(c2ccccc2)c2cc(OC(C)=O)c(Cl)cc21. The van der Waals surface area contributed by atoms with E-state index in [4.69, 9.17) is 84.8 Å². The summed E-state index contributed by atoms with van der Waals surface area (Å²) in [6, 6.07) is 31.6. The number of anilines is 2. The lowest BCUT2D eigenvalue weighted by molar-refractivity contribution is -0.167. The number of benzene rings is 6. The highest BCUT2D eigenvalue weighted by Gasteiger charge is 2.60. The highest BCUT2D eigenvalue weighted by molar-refractivity contribution is 6.33. The summed E-state index contributed by atoms with van der Waals surface area (Å²) in [5, 5.41) is -0.247. The van der Waals surface area contributed by atoms with Crippen LogP contribution in [0.2, 0.25) is 10.0 Å². The Kier molecular flexibility index (Phi) is 22.5. The molecule has 0 radical (unpaired) electrons. The van der Waals surface area contributed by atoms with E-state index in [2.05, 4.69) is 0 Å². The molecule has 1 aliphatic carbocycles. The molecule has 2 aliphatic rings. The Morgan fingerprint density at radius 3 is 1.17 bits per heavy atom. The number of aryl methyl sites for hydroxylation is 1. The summed E-state index contributed by atoms with van der Waals surface area (Å²) in [6.07, 6.45) is 0. The molecule has 0 amide bonds. The van der Waals surface area contributed by atoms with Crippen molar-refractivity contribution >= 4 is 100 Å². The summed E-state index contributed by atoms with van der Waals surface area (Å²) >= 11 is 14.3. The zero-order chi connectivity index (χ0) is 68.0. The quantitative estimate of drug-likeness (QED) is 0.0157. The molecule has 6 aromatic rings. The Labute approximate surface area is 546 Å². The van der Waals surface area contributed by atoms with Crippen molar-refractivity contribution in [1.82, 2.24) is 0 Å². The summed E-state index contributed by atoms with van der Waals surface area (Å²) in [6.45, 7) is 1.38. The maximum atomic E-state index is 15.3. The fourth-order valence-corrected chi connectivity index (χ4v) is 10.9. The number of esters is 11. The van der Waals surface area contributed by atoms with Crippen LogP contribution in [0.3, 0.4) is 0 Å². The van der Waals surface area contributed by atoms with Crippen molar-refractivity contribution in [2.75, 3.05) is 76.4 Å². The van der Waals surface area contributed by atoms with Crippen molar-refractivity contribution in [2.24, 2.45) is 0 Å². The Morgan fingerprint density at radius 2 is 0.787 bits per heavy atom. The molecule has 1 spiro atoms. The number of fused-ring (bicyclic) bond motifs is 6. The van der Waals surface area contributed by atoms with Gasteiger partial charge < -0.3 is 71.4 Å². The standard InChI is InChI=1S/C66H60Cl2N2O24/c1-37-18-19-54(69(29-60(77)88-33-84-38(2)71)30-61(78)89-34-85-39(3)72)58(22-37)82-20-21-83-59-26-47-46(23-55(59)70(31-62(79)90-35-86-40(4)73)32-63(80)91-36-87-41(5)74)64(81)94-66(47)50-24-52(67)56(92-42(6)75)27-48(50)65(44-14-10-8-11-15-44,45-16-12-9-13-17-45)49-28-57(93-43(7)76)53(68)25-51(49)66/h8-19,22-28H,20-21,29-36H2,1-7H3. The van der Waals surface area contributed by atoms with Gasteiger partial charge in [0.25, 0.3) is 0 Å². The Hall–Kier alpha value is -10.7. The number of nitrogens with zero attached hydrogens (tertiary/aromatic N) is 2. The zero-order valence-electron chi connectivity index (χ0n) is 51.5. The summed E-state index contributed by atoms with van der Waals surface area (Å²) in [7, 11) is 0. The third kappa shape index (κ3) is 16.1. The van der Waals surface area contributed by atoms with E-state index in [0.717, 1.165) is 32.6 Å². The molecule has 0 atom stereocenters. The van der Waals surface area contributed by atoms with Gasteiger partial charge in [0, 0.05) is 58.2 Å². The molecule has 8 rings (SSSR count). The molecule has 0 N–H and O–H groups in total. The van der Waals surface area contributed by atoms with Crippen LogP contribution in [0, 0.1) is 6.92 Å². The Bertz CT molecular complexity index is 3770. The summed E-state index contributed by atoms with van der Waals surface area (Å²) in [4.78, 5) is 144. The van der Waals surface area contributed by atoms with Gasteiger partial charge in [-0.15, -0.1) is 0 Å². The molecule has 1 aliphatic heterocycles. The van der Waals surface area contributed by atoms with Crippen LogP contribution in [0.15, 0.2) is 115 Å². The molecule has 0 saturated carbocycles. The third-order valence-corrected chi connectivity index (χ3v) is 14.8. The summed E-state index contributed by atoms with van der Waals surface area (Å²) in [5.41, 5.74) is -1.11. The fourth-order valence-electron chi connectivity index (χ4n) is 10.5. The van der Waals surface area contributed by atoms with Crippen molar-refractivity contribution in [3.8, 4) is 23.0 Å². The Morgan fingerprint density at radius 1 is 0.415 bits per heavy atom. The molecule has 0 bridgehead atoms. The van der Waals surface area contributed by atoms with Crippen molar-refractivity contribution in [1.29, 1.82) is 0 Å². The van der Waals surface area contributed by atoms with Gasteiger partial charge in [-0.3, -0.25) is 47.9 Å². The first-order chi connectivity index (χ1) is 44.8. The number of ether oxygens (including phenoxy) is 13. The molecule has 26 nitrogen and oxygen atoms in total. The number of carbonyl (C=O) groups is 11. The van der Waals surface area contributed by atoms with Gasteiger partial charge in [0.05, 0.1) is 32.4 Å². The fraction of sp³-hybridized carbons (Fsp3) is 0.288. The zero-order valence-corrected chi connectivity index (χ0v) is 53.0. The minimum absolute atomic E-state index is 0.0228. The molecule has 6 aromatic carbocycles. The van der Waals surface area contributed by atoms with Crippen molar-refractivity contribution in [3.63, 3.8) is 0 Å². The highest BCUT2D eigenvalue weighted by Crippen LogP contribution is 2.63. The van der Waals surface area contributed by atoms with Crippen molar-refractivity contribution < 1.29 is 114 Å². The van der Waals surface area contributed by atoms with Gasteiger partial charge in [-0.05, 0) is 83.3 Å². The molecule has 28 heteroatoms. The first-order valence-electron chi connectivity index (χ1n) is 28.4. The highest BCUT2D eigenvalue weighted by atomic mass is 35.5. The average molecular weight is 1340 g/mol. The molecule has 94 heavy (non-hydrogen) atoms. The first-order valence-corrected chi connectivity index (χ1v) is 29.2. The van der Waals surface area contributed by atoms with Gasteiger partial charge in [-0.25, -0.2) is 4.79 Å². The number of carbonyl (C=O) groups excluding carboxylic acids is 11. The molecular formula is C66H60Cl2N2O24. The molecule has 492 valence electrons. The van der Waals surface area contributed by atoms with E-state index in [1.807, 2.05) is 24.3 Å². The van der Waals surface area contributed by atoms with Gasteiger partial charge in [0.15, 0.2) is 5.60 Å². The second kappa shape index (κ2) is 30.6. The van der Waals surface area contributed by atoms with Crippen LogP contribution < -0.4 is 28.7 Å². The lowest BCUT2D eigenvalue weighted by Crippen LogP contribution is -2.45. The lowest BCUT2D eigenvalue weighted by atomic mass is 9.55. The largest absolute Gasteiger partial charge is 0.488 e. The smallest absolute Gasteiger partial charge is 0.340 e. The number of halogens is 2. The Balaban J connectivity index is 1.34. The maximum Gasteiger partial charge on any atom is 0.340 e. The predicted molar refractivity (Wildman–Crippen MR) is 327 cm³/mol. The predicted octanol–water partition coefficient (Wildman–Crippen LogP) is 7.64. The van der Waals surface area contributed by atoms with Crippen LogP contribution in [0.25, 0.3) is 0 Å². The van der Waals surface area contributed by atoms with E-state index < -0.39 is 143 Å². The normalized spacial score (nSPS) is 12.6. The minimum atomic E-state index is -2.16. The monoisotopic (exact) mass is 1330 g/mol. The second-order valence-corrected chi connectivity index (χ2v) is 21.5. The molecule has 0 saturated heterocycles. The van der Waals surface area contributed by atoms with Crippen LogP contribution >= 0.6 is 23.2 Å². The van der Waals surface area contributed by atoms with Gasteiger partial charge in [-0.1, -0.05) is 89.9 Å². The van der Waals surface area contributed by atoms with Crippen LogP contribution in [0.1, 0.15) is 96.4 Å². The second-order valence-electron chi connectivity index (χ2n) is 20.7. The van der Waals surface area contributed by atoms with Gasteiger partial charge in [0.1, 0.15) is 62.4 Å². The van der Waals surface area contributed by atoms with Crippen LogP contribution in [0.4, 0.5) is 11.4 Å². The van der Waals surface area contributed by atoms with Crippen molar-refractivity contribution in [3.05, 3.63) is 175 Å². The number of rotatable bonds is 27. The van der Waals surface area contributed by atoms with Crippen LogP contribution in [-0.4, -0.2) is 132 Å². The topological polar surface area (TPSA) is 314 Å². The molecular weight excluding hydrogens is 1280 g/mol. The van der Waals surface area contributed by atoms with Crippen LogP contribution in [-0.2, 0) is 102 Å². The van der Waals surface area contributed by atoms with Crippen molar-refractivity contribution in [2.45, 2.75) is 59.5 Å². The van der Waals surface area contributed by atoms with E-state index in [1.165, 1.54) is 49.1 Å². The number of hydrogen-bond acceptors (Lipinski definition) is 26. The summed E-state index contributed by atoms with van der Waals surface area (Å²) in [5.74, 6) is -10.0. The van der Waals surface area contributed by atoms with E-state index in [-0.39, 0.29) is 66.7 Å². The van der Waals surface area contributed by atoms with E-state index in [0.29, 0.717) is 27.8 Å². The van der Waals surface area contributed by atoms with Gasteiger partial charge in [-0.2, -0.15) is 0 Å². The molecule has 0 aromatic heterocycles. The summed E-state index contributed by atoms with van der Waals surface area (Å²) < 4.78 is 71.2. The lowest BCUT2D eigenvalue weighted by Gasteiger charge is -2.48. The minimum Gasteiger partial charge on any atom is -0.488 e. The maximum absolute atomic E-state index is 15.3.